The lowest BCUT2D eigenvalue weighted by atomic mass is 9.84. The SMILES string of the molecule is CC.CC(O)C(c1ncccn1)N1CC2(CCCN2)C1=O. The highest BCUT2D eigenvalue weighted by molar-refractivity contribution is 5.93. The van der Waals surface area contributed by atoms with Crippen LogP contribution in [0.3, 0.4) is 0 Å². The maximum Gasteiger partial charge on any atom is 0.245 e. The minimum Gasteiger partial charge on any atom is -0.391 e. The van der Waals surface area contributed by atoms with Crippen LogP contribution in [0.4, 0.5) is 0 Å². The van der Waals surface area contributed by atoms with Crippen LogP contribution >= 0.6 is 0 Å². The molecule has 2 fully saturated rings. The number of aliphatic hydroxyl groups is 1. The van der Waals surface area contributed by atoms with Crippen molar-refractivity contribution in [1.82, 2.24) is 20.2 Å². The number of amides is 1. The zero-order valence-corrected chi connectivity index (χ0v) is 12.9. The molecule has 0 radical (unpaired) electrons. The van der Waals surface area contributed by atoms with Crippen LogP contribution in [0.5, 0.6) is 0 Å². The maximum atomic E-state index is 12.4. The number of carbonyl (C=O) groups is 1. The molecule has 0 bridgehead atoms. The van der Waals surface area contributed by atoms with Crippen molar-refractivity contribution < 1.29 is 9.90 Å². The van der Waals surface area contributed by atoms with Crippen LogP contribution in [0.2, 0.25) is 0 Å². The predicted molar refractivity (Wildman–Crippen MR) is 79.5 cm³/mol. The Hall–Kier alpha value is -1.53. The van der Waals surface area contributed by atoms with Crippen LogP contribution in [0.1, 0.15) is 45.5 Å². The third-order valence-electron chi connectivity index (χ3n) is 4.00. The van der Waals surface area contributed by atoms with Crippen molar-refractivity contribution in [3.63, 3.8) is 0 Å². The van der Waals surface area contributed by atoms with Gasteiger partial charge in [0.15, 0.2) is 5.82 Å². The first kappa shape index (κ1) is 15.9. The van der Waals surface area contributed by atoms with Crippen LogP contribution < -0.4 is 5.32 Å². The number of likely N-dealkylation sites (tertiary alicyclic amines) is 1. The lowest BCUT2D eigenvalue weighted by molar-refractivity contribution is -0.160. The van der Waals surface area contributed by atoms with E-state index in [1.165, 1.54) is 0 Å². The van der Waals surface area contributed by atoms with Crippen molar-refractivity contribution in [2.75, 3.05) is 13.1 Å². The quantitative estimate of drug-likeness (QED) is 0.809. The highest BCUT2D eigenvalue weighted by Gasteiger charge is 2.56. The smallest absolute Gasteiger partial charge is 0.245 e. The van der Waals surface area contributed by atoms with Crippen molar-refractivity contribution >= 4 is 5.91 Å². The van der Waals surface area contributed by atoms with Gasteiger partial charge in [-0.3, -0.25) is 4.79 Å². The Morgan fingerprint density at radius 1 is 1.38 bits per heavy atom. The molecule has 6 heteroatoms. The zero-order chi connectivity index (χ0) is 15.5. The molecule has 21 heavy (non-hydrogen) atoms. The number of carbonyl (C=O) groups excluding carboxylic acids is 1. The molecule has 3 atom stereocenters. The molecule has 0 saturated carbocycles. The Morgan fingerprint density at radius 3 is 2.52 bits per heavy atom. The normalized spacial score (nSPS) is 26.9. The van der Waals surface area contributed by atoms with Gasteiger partial charge < -0.3 is 15.3 Å². The lowest BCUT2D eigenvalue weighted by Crippen LogP contribution is -2.72. The van der Waals surface area contributed by atoms with E-state index in [-0.39, 0.29) is 11.4 Å². The van der Waals surface area contributed by atoms with E-state index in [0.717, 1.165) is 19.4 Å². The standard InChI is InChI=1S/C13H18N4O2.C2H6/c1-9(18)10(11-14-5-3-6-15-11)17-8-13(12(17)19)4-2-7-16-13;1-2/h3,5-6,9-10,16,18H,2,4,7-8H2,1H3;1-2H3. The summed E-state index contributed by atoms with van der Waals surface area (Å²) in [6, 6.07) is 1.27. The monoisotopic (exact) mass is 292 g/mol. The fourth-order valence-electron chi connectivity index (χ4n) is 3.04. The maximum absolute atomic E-state index is 12.4. The number of aromatic nitrogens is 2. The number of hydrogen-bond acceptors (Lipinski definition) is 5. The molecule has 116 valence electrons. The molecule has 3 rings (SSSR count). The Kier molecular flexibility index (Phi) is 4.90. The molecule has 1 aromatic rings. The molecule has 3 heterocycles. The summed E-state index contributed by atoms with van der Waals surface area (Å²) in [5.41, 5.74) is -0.387. The lowest BCUT2D eigenvalue weighted by Gasteiger charge is -2.50. The molecule has 3 unspecified atom stereocenters. The predicted octanol–water partition coefficient (Wildman–Crippen LogP) is 0.889. The van der Waals surface area contributed by atoms with Crippen LogP contribution in [0, 0.1) is 0 Å². The second-order valence-corrected chi connectivity index (χ2v) is 5.34. The van der Waals surface area contributed by atoms with E-state index in [2.05, 4.69) is 15.3 Å². The first-order valence-corrected chi connectivity index (χ1v) is 7.65. The summed E-state index contributed by atoms with van der Waals surface area (Å²) in [6.45, 7) is 7.18. The summed E-state index contributed by atoms with van der Waals surface area (Å²) in [7, 11) is 0. The third kappa shape index (κ3) is 2.78. The number of aliphatic hydroxyl groups excluding tert-OH is 1. The molecular formula is C15H24N4O2. The first-order valence-electron chi connectivity index (χ1n) is 7.65. The topological polar surface area (TPSA) is 78.4 Å². The molecule has 2 aliphatic rings. The van der Waals surface area contributed by atoms with Crippen molar-refractivity contribution in [3.8, 4) is 0 Å². The first-order chi connectivity index (χ1) is 10.1. The molecule has 2 aliphatic heterocycles. The highest BCUT2D eigenvalue weighted by atomic mass is 16.3. The van der Waals surface area contributed by atoms with Gasteiger partial charge in [-0.25, -0.2) is 9.97 Å². The van der Waals surface area contributed by atoms with Crippen molar-refractivity contribution in [3.05, 3.63) is 24.3 Å². The number of hydrogen-bond donors (Lipinski definition) is 2. The molecule has 2 N–H and O–H groups in total. The van der Waals surface area contributed by atoms with Gasteiger partial charge in [0, 0.05) is 18.9 Å². The minimum absolute atomic E-state index is 0.0587. The Morgan fingerprint density at radius 2 is 2.05 bits per heavy atom. The van der Waals surface area contributed by atoms with Crippen LogP contribution in [0.25, 0.3) is 0 Å². The van der Waals surface area contributed by atoms with Crippen LogP contribution in [-0.4, -0.2) is 50.6 Å². The summed E-state index contributed by atoms with van der Waals surface area (Å²) < 4.78 is 0. The molecule has 1 amide bonds. The van der Waals surface area contributed by atoms with Gasteiger partial charge in [0.1, 0.15) is 11.6 Å². The summed E-state index contributed by atoms with van der Waals surface area (Å²) in [5, 5.41) is 13.2. The van der Waals surface area contributed by atoms with E-state index >= 15 is 0 Å². The second-order valence-electron chi connectivity index (χ2n) is 5.34. The Balaban J connectivity index is 0.000000774. The third-order valence-corrected chi connectivity index (χ3v) is 4.00. The van der Waals surface area contributed by atoms with Gasteiger partial charge in [-0.05, 0) is 32.4 Å². The van der Waals surface area contributed by atoms with Crippen LogP contribution in [-0.2, 0) is 4.79 Å². The van der Waals surface area contributed by atoms with Crippen LogP contribution in [0.15, 0.2) is 18.5 Å². The molecule has 0 aromatic carbocycles. The molecular weight excluding hydrogens is 268 g/mol. The number of nitrogens with zero attached hydrogens (tertiary/aromatic N) is 3. The molecule has 1 aromatic heterocycles. The van der Waals surface area contributed by atoms with E-state index < -0.39 is 12.1 Å². The fourth-order valence-corrected chi connectivity index (χ4v) is 3.04. The van der Waals surface area contributed by atoms with E-state index in [1.807, 2.05) is 13.8 Å². The number of nitrogens with one attached hydrogen (secondary N) is 1. The van der Waals surface area contributed by atoms with E-state index in [1.54, 1.807) is 30.3 Å². The summed E-state index contributed by atoms with van der Waals surface area (Å²) in [4.78, 5) is 22.4. The fraction of sp³-hybridized carbons (Fsp3) is 0.667. The number of β-lactam (4-membered cyclic amide) rings is 1. The van der Waals surface area contributed by atoms with E-state index in [4.69, 9.17) is 0 Å². The molecule has 2 saturated heterocycles. The second kappa shape index (κ2) is 6.49. The van der Waals surface area contributed by atoms with E-state index in [0.29, 0.717) is 12.4 Å². The van der Waals surface area contributed by atoms with Gasteiger partial charge in [0.25, 0.3) is 0 Å². The minimum atomic E-state index is -0.690. The van der Waals surface area contributed by atoms with E-state index in [9.17, 15) is 9.90 Å². The molecule has 0 aliphatic carbocycles. The van der Waals surface area contributed by atoms with Gasteiger partial charge in [0.2, 0.25) is 5.91 Å². The average Bonchev–Trinajstić information content (AvgIpc) is 3.01. The van der Waals surface area contributed by atoms with Crippen molar-refractivity contribution in [2.45, 2.75) is 51.3 Å². The average molecular weight is 292 g/mol. The zero-order valence-electron chi connectivity index (χ0n) is 12.9. The van der Waals surface area contributed by atoms with Gasteiger partial charge in [-0.1, -0.05) is 13.8 Å². The summed E-state index contributed by atoms with van der Waals surface area (Å²) >= 11 is 0. The Bertz CT molecular complexity index is 472. The highest BCUT2D eigenvalue weighted by Crippen LogP contribution is 2.37. The summed E-state index contributed by atoms with van der Waals surface area (Å²) in [5.74, 6) is 0.557. The van der Waals surface area contributed by atoms with Gasteiger partial charge in [-0.15, -0.1) is 0 Å². The molecule has 1 spiro atoms. The summed E-state index contributed by atoms with van der Waals surface area (Å²) in [6.07, 6.45) is 4.48. The van der Waals surface area contributed by atoms with Crippen molar-refractivity contribution in [1.29, 1.82) is 0 Å². The largest absolute Gasteiger partial charge is 0.391 e. The molecule has 6 nitrogen and oxygen atoms in total. The van der Waals surface area contributed by atoms with Crippen molar-refractivity contribution in [2.24, 2.45) is 0 Å². The Labute approximate surface area is 125 Å². The van der Waals surface area contributed by atoms with Gasteiger partial charge in [-0.2, -0.15) is 0 Å². The van der Waals surface area contributed by atoms with Gasteiger partial charge in [0.05, 0.1) is 6.10 Å². The van der Waals surface area contributed by atoms with Gasteiger partial charge >= 0.3 is 0 Å². The number of rotatable bonds is 3.